The van der Waals surface area contributed by atoms with Crippen molar-refractivity contribution in [2.75, 3.05) is 11.5 Å². The van der Waals surface area contributed by atoms with E-state index < -0.39 is 34.1 Å². The second-order valence-corrected chi connectivity index (χ2v) is 6.06. The van der Waals surface area contributed by atoms with E-state index in [1.807, 2.05) is 0 Å². The van der Waals surface area contributed by atoms with Crippen molar-refractivity contribution >= 4 is 15.8 Å². The van der Waals surface area contributed by atoms with Crippen LogP contribution in [-0.4, -0.2) is 36.9 Å². The second kappa shape index (κ2) is 4.03. The SMILES string of the molecule is O=C(O)CC(F)(F)C1CCS(=O)(=O)CC1. The van der Waals surface area contributed by atoms with Crippen LogP contribution in [0.15, 0.2) is 0 Å². The Hall–Kier alpha value is -0.720. The molecule has 1 aliphatic heterocycles. The van der Waals surface area contributed by atoms with Gasteiger partial charge in [0.05, 0.1) is 11.5 Å². The van der Waals surface area contributed by atoms with Crippen molar-refractivity contribution < 1.29 is 27.1 Å². The lowest BCUT2D eigenvalue weighted by Crippen LogP contribution is -2.37. The maximum absolute atomic E-state index is 13.2. The fourth-order valence-corrected chi connectivity index (χ4v) is 3.15. The summed E-state index contributed by atoms with van der Waals surface area (Å²) in [6, 6.07) is 0. The number of sulfone groups is 1. The molecule has 0 aliphatic carbocycles. The van der Waals surface area contributed by atoms with Gasteiger partial charge in [0.2, 0.25) is 0 Å². The van der Waals surface area contributed by atoms with Gasteiger partial charge in [-0.25, -0.2) is 17.2 Å². The van der Waals surface area contributed by atoms with Crippen molar-refractivity contribution in [3.05, 3.63) is 0 Å². The van der Waals surface area contributed by atoms with Gasteiger partial charge in [-0.1, -0.05) is 0 Å². The lowest BCUT2D eigenvalue weighted by atomic mass is 9.93. The van der Waals surface area contributed by atoms with Gasteiger partial charge in [0.1, 0.15) is 16.3 Å². The largest absolute Gasteiger partial charge is 0.481 e. The summed E-state index contributed by atoms with van der Waals surface area (Å²) in [5, 5.41) is 8.28. The number of halogens is 2. The molecule has 0 atom stereocenters. The summed E-state index contributed by atoms with van der Waals surface area (Å²) >= 11 is 0. The molecule has 0 amide bonds. The lowest BCUT2D eigenvalue weighted by molar-refractivity contribution is -0.149. The molecule has 0 spiro atoms. The topological polar surface area (TPSA) is 71.4 Å². The molecule has 0 aromatic heterocycles. The molecule has 1 heterocycles. The van der Waals surface area contributed by atoms with Gasteiger partial charge in [0.15, 0.2) is 0 Å². The van der Waals surface area contributed by atoms with E-state index in [2.05, 4.69) is 0 Å². The summed E-state index contributed by atoms with van der Waals surface area (Å²) in [5.41, 5.74) is 0. The minimum Gasteiger partial charge on any atom is -0.481 e. The van der Waals surface area contributed by atoms with Crippen molar-refractivity contribution in [1.29, 1.82) is 0 Å². The molecule has 1 aliphatic rings. The Labute approximate surface area is 86.2 Å². The number of carboxylic acid groups (broad SMARTS) is 1. The Morgan fingerprint density at radius 1 is 1.33 bits per heavy atom. The van der Waals surface area contributed by atoms with Crippen LogP contribution in [0.25, 0.3) is 0 Å². The molecule has 1 fully saturated rings. The summed E-state index contributed by atoms with van der Waals surface area (Å²) in [6.45, 7) is 0. The van der Waals surface area contributed by atoms with Gasteiger partial charge in [0, 0.05) is 5.92 Å². The van der Waals surface area contributed by atoms with Crippen molar-refractivity contribution in [2.45, 2.75) is 25.2 Å². The fourth-order valence-electron chi connectivity index (χ4n) is 1.66. The average molecular weight is 242 g/mol. The van der Waals surface area contributed by atoms with Crippen molar-refractivity contribution in [2.24, 2.45) is 5.92 Å². The number of aliphatic carboxylic acids is 1. The third-order valence-corrected chi connectivity index (χ3v) is 4.25. The first-order valence-corrected chi connectivity index (χ1v) is 6.35. The second-order valence-electron chi connectivity index (χ2n) is 3.76. The van der Waals surface area contributed by atoms with Gasteiger partial charge in [-0.2, -0.15) is 0 Å². The van der Waals surface area contributed by atoms with Gasteiger partial charge in [-0.05, 0) is 12.8 Å². The molecule has 0 aromatic carbocycles. The molecule has 1 rings (SSSR count). The minimum atomic E-state index is -3.30. The maximum atomic E-state index is 13.2. The van der Waals surface area contributed by atoms with Crippen molar-refractivity contribution in [1.82, 2.24) is 0 Å². The van der Waals surface area contributed by atoms with Crippen LogP contribution in [0.1, 0.15) is 19.3 Å². The third-order valence-electron chi connectivity index (χ3n) is 2.54. The number of hydrogen-bond acceptors (Lipinski definition) is 3. The first-order chi connectivity index (χ1) is 6.73. The Morgan fingerprint density at radius 3 is 2.20 bits per heavy atom. The van der Waals surface area contributed by atoms with E-state index in [0.717, 1.165) is 0 Å². The Morgan fingerprint density at radius 2 is 1.80 bits per heavy atom. The van der Waals surface area contributed by atoms with E-state index >= 15 is 0 Å². The lowest BCUT2D eigenvalue weighted by Gasteiger charge is -2.28. The number of rotatable bonds is 3. The predicted molar refractivity (Wildman–Crippen MR) is 48.6 cm³/mol. The van der Waals surface area contributed by atoms with E-state index in [4.69, 9.17) is 5.11 Å². The Bertz CT molecular complexity index is 336. The molecule has 1 saturated heterocycles. The fraction of sp³-hybridized carbons (Fsp3) is 0.875. The highest BCUT2D eigenvalue weighted by Crippen LogP contribution is 2.36. The van der Waals surface area contributed by atoms with Crippen LogP contribution in [0.3, 0.4) is 0 Å². The number of alkyl halides is 2. The zero-order chi connectivity index (χ0) is 11.7. The van der Waals surface area contributed by atoms with Gasteiger partial charge >= 0.3 is 5.97 Å². The van der Waals surface area contributed by atoms with Gasteiger partial charge in [0.25, 0.3) is 5.92 Å². The van der Waals surface area contributed by atoms with Crippen LogP contribution in [0.2, 0.25) is 0 Å². The van der Waals surface area contributed by atoms with Gasteiger partial charge in [-0.3, -0.25) is 4.79 Å². The van der Waals surface area contributed by atoms with Crippen LogP contribution < -0.4 is 0 Å². The summed E-state index contributed by atoms with van der Waals surface area (Å²) in [5.74, 6) is -6.54. The van der Waals surface area contributed by atoms with Crippen LogP contribution in [0.5, 0.6) is 0 Å². The molecule has 0 saturated carbocycles. The molecule has 15 heavy (non-hydrogen) atoms. The van der Waals surface area contributed by atoms with Crippen LogP contribution >= 0.6 is 0 Å². The number of hydrogen-bond donors (Lipinski definition) is 1. The molecule has 4 nitrogen and oxygen atoms in total. The highest BCUT2D eigenvalue weighted by Gasteiger charge is 2.43. The molecule has 7 heteroatoms. The van der Waals surface area contributed by atoms with E-state index in [1.54, 1.807) is 0 Å². The predicted octanol–water partition coefficient (Wildman–Crippen LogP) is 0.921. The zero-order valence-corrected chi connectivity index (χ0v) is 8.77. The molecule has 0 aromatic rings. The first-order valence-electron chi connectivity index (χ1n) is 4.53. The molecule has 88 valence electrons. The monoisotopic (exact) mass is 242 g/mol. The Kier molecular flexibility index (Phi) is 3.32. The molecular formula is C8H12F2O4S. The number of carbonyl (C=O) groups is 1. The summed E-state index contributed by atoms with van der Waals surface area (Å²) in [7, 11) is -3.19. The normalized spacial score (nSPS) is 22.5. The smallest absolute Gasteiger partial charge is 0.309 e. The maximum Gasteiger partial charge on any atom is 0.309 e. The summed E-state index contributed by atoms with van der Waals surface area (Å²) < 4.78 is 48.4. The van der Waals surface area contributed by atoms with E-state index in [1.165, 1.54) is 0 Å². The highest BCUT2D eigenvalue weighted by atomic mass is 32.2. The molecule has 0 radical (unpaired) electrons. The van der Waals surface area contributed by atoms with Gasteiger partial charge < -0.3 is 5.11 Å². The van der Waals surface area contributed by atoms with Crippen molar-refractivity contribution in [3.8, 4) is 0 Å². The molecule has 1 N–H and O–H groups in total. The first kappa shape index (κ1) is 12.4. The van der Waals surface area contributed by atoms with Crippen LogP contribution in [-0.2, 0) is 14.6 Å². The minimum absolute atomic E-state index is 0.150. The van der Waals surface area contributed by atoms with E-state index in [9.17, 15) is 22.0 Å². The van der Waals surface area contributed by atoms with Crippen molar-refractivity contribution in [3.63, 3.8) is 0 Å². The third kappa shape index (κ3) is 3.40. The van der Waals surface area contributed by atoms with Gasteiger partial charge in [-0.15, -0.1) is 0 Å². The average Bonchev–Trinajstić information content (AvgIpc) is 2.00. The van der Waals surface area contributed by atoms with E-state index in [-0.39, 0.29) is 24.3 Å². The molecular weight excluding hydrogens is 230 g/mol. The zero-order valence-electron chi connectivity index (χ0n) is 7.95. The van der Waals surface area contributed by atoms with E-state index in [0.29, 0.717) is 0 Å². The quantitative estimate of drug-likeness (QED) is 0.798. The Balaban J connectivity index is 2.63. The number of carboxylic acids is 1. The summed E-state index contributed by atoms with van der Waals surface area (Å²) in [6.07, 6.45) is -1.52. The molecule has 0 unspecified atom stereocenters. The van der Waals surface area contributed by atoms with Crippen LogP contribution in [0.4, 0.5) is 8.78 Å². The summed E-state index contributed by atoms with van der Waals surface area (Å²) in [4.78, 5) is 10.2. The highest BCUT2D eigenvalue weighted by molar-refractivity contribution is 7.91. The standard InChI is InChI=1S/C8H12F2O4S/c9-8(10,5-7(11)12)6-1-3-15(13,14)4-2-6/h6H,1-5H2,(H,11,12). The molecule has 0 bridgehead atoms. The van der Waals surface area contributed by atoms with Crippen LogP contribution in [0, 0.1) is 5.92 Å².